The Balaban J connectivity index is 1.55. The van der Waals surface area contributed by atoms with Gasteiger partial charge in [0.15, 0.2) is 12.6 Å². The highest BCUT2D eigenvalue weighted by atomic mass is 16.8. The average Bonchev–Trinajstić information content (AvgIpc) is 3.04. The Kier molecular flexibility index (Phi) is 4.67. The molecule has 2 bridgehead atoms. The Morgan fingerprint density at radius 2 is 1.45 bits per heavy atom. The lowest BCUT2D eigenvalue weighted by molar-refractivity contribution is -0.306. The predicted octanol–water partition coefficient (Wildman–Crippen LogP) is -4.35. The predicted molar refractivity (Wildman–Crippen MR) is 65.3 cm³/mol. The zero-order chi connectivity index (χ0) is 16.0. The molecule has 22 heavy (non-hydrogen) atoms. The first-order chi connectivity index (χ1) is 10.4. The van der Waals surface area contributed by atoms with Crippen molar-refractivity contribution in [3.63, 3.8) is 0 Å². The van der Waals surface area contributed by atoms with Crippen LogP contribution in [0.3, 0.4) is 0 Å². The minimum Gasteiger partial charge on any atom is -0.394 e. The van der Waals surface area contributed by atoms with Crippen molar-refractivity contribution in [2.24, 2.45) is 0 Å². The van der Waals surface area contributed by atoms with Gasteiger partial charge in [-0.2, -0.15) is 0 Å². The van der Waals surface area contributed by atoms with Gasteiger partial charge in [0.05, 0.1) is 13.2 Å². The van der Waals surface area contributed by atoms with E-state index in [-0.39, 0.29) is 6.61 Å². The second-order valence-corrected chi connectivity index (χ2v) is 5.66. The largest absolute Gasteiger partial charge is 0.394 e. The number of hydrogen-bond donors (Lipinski definition) is 6. The molecule has 3 aliphatic heterocycles. The summed E-state index contributed by atoms with van der Waals surface area (Å²) in [5, 5.41) is 57.4. The summed E-state index contributed by atoms with van der Waals surface area (Å²) in [6.07, 6.45) is -11.4. The van der Waals surface area contributed by atoms with Crippen LogP contribution in [0.5, 0.6) is 0 Å². The van der Waals surface area contributed by atoms with E-state index in [9.17, 15) is 25.5 Å². The van der Waals surface area contributed by atoms with Crippen LogP contribution in [-0.2, 0) is 18.9 Å². The molecule has 3 heterocycles. The lowest BCUT2D eigenvalue weighted by Gasteiger charge is -2.40. The van der Waals surface area contributed by atoms with E-state index in [1.165, 1.54) is 0 Å². The smallest absolute Gasteiger partial charge is 0.187 e. The van der Waals surface area contributed by atoms with Crippen molar-refractivity contribution in [2.45, 2.75) is 61.4 Å². The summed E-state index contributed by atoms with van der Waals surface area (Å²) < 4.78 is 21.0. The van der Waals surface area contributed by atoms with Gasteiger partial charge in [-0.05, 0) is 0 Å². The van der Waals surface area contributed by atoms with Crippen LogP contribution < -0.4 is 0 Å². The van der Waals surface area contributed by atoms with Crippen LogP contribution in [0.25, 0.3) is 0 Å². The third-order valence-electron chi connectivity index (χ3n) is 4.21. The molecular weight excluding hydrogens is 304 g/mol. The molecule has 128 valence electrons. The summed E-state index contributed by atoms with van der Waals surface area (Å²) >= 11 is 0. The zero-order valence-corrected chi connectivity index (χ0v) is 11.5. The SMILES string of the molecule is OCC1O[C@H](OCC2O[C@@H]3O[C@H]2[C@H](O)C3O)C(O)[C@@H](O)[C@@H]1O. The maximum atomic E-state index is 9.82. The molecule has 0 spiro atoms. The van der Waals surface area contributed by atoms with Crippen LogP contribution in [0, 0.1) is 0 Å². The fraction of sp³-hybridized carbons (Fsp3) is 1.00. The van der Waals surface area contributed by atoms with E-state index in [2.05, 4.69) is 0 Å². The summed E-state index contributed by atoms with van der Waals surface area (Å²) in [6, 6.07) is 0. The van der Waals surface area contributed by atoms with Crippen LogP contribution in [0.1, 0.15) is 0 Å². The molecule has 6 N–H and O–H groups in total. The summed E-state index contributed by atoms with van der Waals surface area (Å²) in [5.41, 5.74) is 0. The van der Waals surface area contributed by atoms with Crippen molar-refractivity contribution < 1.29 is 49.6 Å². The number of aliphatic hydroxyl groups excluding tert-OH is 6. The quantitative estimate of drug-likeness (QED) is 0.298. The molecule has 10 atom stereocenters. The fourth-order valence-electron chi connectivity index (χ4n) is 2.87. The van der Waals surface area contributed by atoms with Crippen LogP contribution in [-0.4, -0.2) is 105 Å². The minimum absolute atomic E-state index is 0.131. The van der Waals surface area contributed by atoms with Crippen molar-refractivity contribution >= 4 is 0 Å². The third kappa shape index (κ3) is 2.65. The second kappa shape index (κ2) is 6.24. The van der Waals surface area contributed by atoms with Gasteiger partial charge in [-0.1, -0.05) is 0 Å². The molecule has 0 aromatic carbocycles. The van der Waals surface area contributed by atoms with Crippen molar-refractivity contribution in [1.82, 2.24) is 0 Å². The first-order valence-electron chi connectivity index (χ1n) is 7.03. The zero-order valence-electron chi connectivity index (χ0n) is 11.5. The molecule has 0 radical (unpaired) electrons. The molecule has 10 heteroatoms. The molecule has 0 amide bonds. The van der Waals surface area contributed by atoms with Gasteiger partial charge in [-0.15, -0.1) is 0 Å². The van der Waals surface area contributed by atoms with Gasteiger partial charge in [0, 0.05) is 0 Å². The number of hydrogen-bond acceptors (Lipinski definition) is 10. The van der Waals surface area contributed by atoms with Crippen molar-refractivity contribution in [2.75, 3.05) is 13.2 Å². The topological polar surface area (TPSA) is 158 Å². The number of rotatable bonds is 4. The van der Waals surface area contributed by atoms with E-state index in [0.717, 1.165) is 0 Å². The summed E-state index contributed by atoms with van der Waals surface area (Å²) in [6.45, 7) is -0.683. The van der Waals surface area contributed by atoms with E-state index >= 15 is 0 Å². The minimum atomic E-state index is -1.53. The van der Waals surface area contributed by atoms with Crippen LogP contribution in [0.15, 0.2) is 0 Å². The van der Waals surface area contributed by atoms with E-state index in [4.69, 9.17) is 24.1 Å². The van der Waals surface area contributed by atoms with Gasteiger partial charge in [0.1, 0.15) is 48.8 Å². The summed E-state index contributed by atoms with van der Waals surface area (Å²) in [7, 11) is 0. The molecule has 4 unspecified atom stereocenters. The van der Waals surface area contributed by atoms with E-state index < -0.39 is 68.0 Å². The molecule has 3 rings (SSSR count). The van der Waals surface area contributed by atoms with Gasteiger partial charge in [-0.25, -0.2) is 0 Å². The number of fused-ring (bicyclic) bond motifs is 2. The highest BCUT2D eigenvalue weighted by Gasteiger charge is 2.55. The van der Waals surface area contributed by atoms with Gasteiger partial charge < -0.3 is 49.6 Å². The Bertz CT molecular complexity index is 390. The Labute approximate surface area is 125 Å². The molecule has 0 aromatic rings. The second-order valence-electron chi connectivity index (χ2n) is 5.66. The lowest BCUT2D eigenvalue weighted by Crippen LogP contribution is -2.59. The highest BCUT2D eigenvalue weighted by Crippen LogP contribution is 2.34. The first-order valence-corrected chi connectivity index (χ1v) is 7.03. The molecule has 0 aliphatic carbocycles. The fourth-order valence-corrected chi connectivity index (χ4v) is 2.87. The lowest BCUT2D eigenvalue weighted by atomic mass is 9.99. The van der Waals surface area contributed by atoms with Gasteiger partial charge in [0.2, 0.25) is 0 Å². The standard InChI is InChI=1S/C12H20O10/c13-1-3-5(14)6(15)8(17)11(20-3)19-2-4-10-7(16)9(18)12(21-4)22-10/h3-18H,1-2H2/t3?,4?,5-,6+,7-,8?,9?,10-,11+,12-/m1/s1. The molecule has 3 saturated heterocycles. The molecule has 0 saturated carbocycles. The average molecular weight is 324 g/mol. The maximum absolute atomic E-state index is 9.82. The number of ether oxygens (including phenoxy) is 4. The van der Waals surface area contributed by atoms with Gasteiger partial charge in [0.25, 0.3) is 0 Å². The normalized spacial score (nSPS) is 54.8. The first kappa shape index (κ1) is 16.5. The van der Waals surface area contributed by atoms with Crippen LogP contribution >= 0.6 is 0 Å². The van der Waals surface area contributed by atoms with Crippen molar-refractivity contribution in [3.05, 3.63) is 0 Å². The monoisotopic (exact) mass is 324 g/mol. The van der Waals surface area contributed by atoms with Crippen LogP contribution in [0.4, 0.5) is 0 Å². The Hall–Kier alpha value is -0.400. The molecule has 10 nitrogen and oxygen atoms in total. The van der Waals surface area contributed by atoms with Crippen molar-refractivity contribution in [3.8, 4) is 0 Å². The van der Waals surface area contributed by atoms with E-state index in [0.29, 0.717) is 0 Å². The molecular formula is C12H20O10. The van der Waals surface area contributed by atoms with Gasteiger partial charge >= 0.3 is 0 Å². The maximum Gasteiger partial charge on any atom is 0.187 e. The highest BCUT2D eigenvalue weighted by molar-refractivity contribution is 4.97. The van der Waals surface area contributed by atoms with Crippen molar-refractivity contribution in [1.29, 1.82) is 0 Å². The molecule has 3 aliphatic rings. The Morgan fingerprint density at radius 1 is 0.727 bits per heavy atom. The Morgan fingerprint density at radius 3 is 2.05 bits per heavy atom. The van der Waals surface area contributed by atoms with Crippen LogP contribution in [0.2, 0.25) is 0 Å². The van der Waals surface area contributed by atoms with E-state index in [1.807, 2.05) is 0 Å². The number of aliphatic hydroxyl groups is 6. The summed E-state index contributed by atoms with van der Waals surface area (Å²) in [5.74, 6) is 0. The molecule has 0 aromatic heterocycles. The van der Waals surface area contributed by atoms with E-state index in [1.54, 1.807) is 0 Å². The summed E-state index contributed by atoms with van der Waals surface area (Å²) in [4.78, 5) is 0. The molecule has 3 fully saturated rings. The third-order valence-corrected chi connectivity index (χ3v) is 4.21. The van der Waals surface area contributed by atoms with Gasteiger partial charge in [-0.3, -0.25) is 0 Å².